The second-order valence-electron chi connectivity index (χ2n) is 7.39. The quantitative estimate of drug-likeness (QED) is 0.290. The van der Waals surface area contributed by atoms with Gasteiger partial charge in [-0.05, 0) is 36.4 Å². The first-order valence-corrected chi connectivity index (χ1v) is 11.3. The maximum absolute atomic E-state index is 13.2. The molecule has 1 saturated heterocycles. The van der Waals surface area contributed by atoms with Gasteiger partial charge < -0.3 is 10.4 Å². The molecule has 1 fully saturated rings. The molecule has 176 valence electrons. The number of benzene rings is 3. The predicted octanol–water partition coefficient (Wildman–Crippen LogP) is 4.17. The van der Waals surface area contributed by atoms with E-state index in [-0.39, 0.29) is 34.8 Å². The van der Waals surface area contributed by atoms with Crippen molar-refractivity contribution in [2.75, 3.05) is 10.2 Å². The minimum Gasteiger partial charge on any atom is -0.508 e. The average Bonchev–Trinajstić information content (AvgIpc) is 3.15. The fourth-order valence-electron chi connectivity index (χ4n) is 3.27. The molecule has 3 aromatic rings. The van der Waals surface area contributed by atoms with Crippen LogP contribution in [0.5, 0.6) is 5.75 Å². The highest BCUT2D eigenvalue weighted by Crippen LogP contribution is 2.34. The number of carbonyl (C=O) groups excluding carboxylic acids is 2. The van der Waals surface area contributed by atoms with Crippen molar-refractivity contribution in [3.8, 4) is 5.75 Å². The van der Waals surface area contributed by atoms with Crippen molar-refractivity contribution in [1.82, 2.24) is 0 Å². The first kappa shape index (κ1) is 23.6. The van der Waals surface area contributed by atoms with Crippen LogP contribution in [-0.4, -0.2) is 38.5 Å². The summed E-state index contributed by atoms with van der Waals surface area (Å²) >= 11 is 1.09. The number of phenols is 1. The Morgan fingerprint density at radius 1 is 1.11 bits per heavy atom. The second kappa shape index (κ2) is 10.6. The van der Waals surface area contributed by atoms with Gasteiger partial charge in [-0.2, -0.15) is 5.10 Å². The van der Waals surface area contributed by atoms with E-state index in [9.17, 15) is 24.8 Å². The van der Waals surface area contributed by atoms with E-state index in [0.717, 1.165) is 11.8 Å². The number of non-ortho nitro benzene ring substituents is 1. The highest BCUT2D eigenvalue weighted by atomic mass is 32.2. The lowest BCUT2D eigenvalue weighted by Crippen LogP contribution is -2.33. The Balaban J connectivity index is 1.56. The van der Waals surface area contributed by atoms with E-state index in [1.807, 2.05) is 6.07 Å². The molecule has 1 aliphatic rings. The minimum absolute atomic E-state index is 0.0361. The largest absolute Gasteiger partial charge is 0.508 e. The average molecular weight is 490 g/mol. The van der Waals surface area contributed by atoms with Crippen LogP contribution in [0, 0.1) is 10.1 Å². The molecule has 1 heterocycles. The Morgan fingerprint density at radius 2 is 1.86 bits per heavy atom. The molecular weight excluding hydrogens is 470 g/mol. The monoisotopic (exact) mass is 489 g/mol. The maximum Gasteiger partial charge on any atom is 0.270 e. The van der Waals surface area contributed by atoms with E-state index < -0.39 is 10.2 Å². The number of phenolic OH excluding ortho intramolecular Hbond substituents is 1. The summed E-state index contributed by atoms with van der Waals surface area (Å²) in [6.07, 6.45) is 1.26. The zero-order valence-corrected chi connectivity index (χ0v) is 19.0. The Bertz CT molecular complexity index is 1310. The summed E-state index contributed by atoms with van der Waals surface area (Å²) in [6, 6.07) is 20.8. The number of thioether (sulfide) groups is 1. The molecule has 1 aliphatic heterocycles. The number of nitrogens with zero attached hydrogens (tertiary/aromatic N) is 4. The number of nitro benzene ring substituents is 1. The number of carbonyl (C=O) groups is 2. The number of amidine groups is 1. The van der Waals surface area contributed by atoms with Crippen molar-refractivity contribution in [2.45, 2.75) is 11.7 Å². The molecule has 0 spiro atoms. The van der Waals surface area contributed by atoms with E-state index in [0.29, 0.717) is 16.9 Å². The molecule has 2 amide bonds. The van der Waals surface area contributed by atoms with Gasteiger partial charge in [-0.25, -0.2) is 0 Å². The van der Waals surface area contributed by atoms with Gasteiger partial charge in [0.25, 0.3) is 5.69 Å². The number of anilines is 2. The summed E-state index contributed by atoms with van der Waals surface area (Å²) < 4.78 is 0. The highest BCUT2D eigenvalue weighted by molar-refractivity contribution is 8.16. The van der Waals surface area contributed by atoms with Crippen LogP contribution in [0.2, 0.25) is 0 Å². The van der Waals surface area contributed by atoms with Gasteiger partial charge in [0.2, 0.25) is 11.8 Å². The minimum atomic E-state index is -0.737. The number of hydrogen-bond donors (Lipinski definition) is 2. The van der Waals surface area contributed by atoms with Crippen LogP contribution < -0.4 is 10.2 Å². The second-order valence-corrected chi connectivity index (χ2v) is 8.56. The normalized spacial score (nSPS) is 16.7. The first-order chi connectivity index (χ1) is 16.9. The van der Waals surface area contributed by atoms with E-state index in [2.05, 4.69) is 15.5 Å². The summed E-state index contributed by atoms with van der Waals surface area (Å²) in [5.74, 6) is -0.642. The van der Waals surface area contributed by atoms with E-state index in [1.54, 1.807) is 42.5 Å². The van der Waals surface area contributed by atoms with Crippen LogP contribution in [0.3, 0.4) is 0 Å². The standard InChI is InChI=1S/C24H19N5O5S/c30-20-11-9-18(10-12-20)28-23(32)21(14-22(31)26-17-6-2-1-3-7-17)35-24(28)27-25-15-16-5-4-8-19(13-16)29(33)34/h1-13,15,21,30H,14H2,(H,26,31)/b25-15+,27-24+. The van der Waals surface area contributed by atoms with Crippen LogP contribution in [0.4, 0.5) is 17.1 Å². The lowest BCUT2D eigenvalue weighted by atomic mass is 10.2. The van der Waals surface area contributed by atoms with Gasteiger partial charge in [0, 0.05) is 29.8 Å². The molecule has 0 aromatic heterocycles. The number of nitrogens with one attached hydrogen (secondary N) is 1. The fourth-order valence-corrected chi connectivity index (χ4v) is 4.36. The third-order valence-electron chi connectivity index (χ3n) is 4.90. The van der Waals surface area contributed by atoms with Crippen molar-refractivity contribution in [3.63, 3.8) is 0 Å². The van der Waals surface area contributed by atoms with E-state index >= 15 is 0 Å². The van der Waals surface area contributed by atoms with Crippen LogP contribution in [-0.2, 0) is 9.59 Å². The van der Waals surface area contributed by atoms with Gasteiger partial charge in [0.05, 0.1) is 16.8 Å². The molecule has 35 heavy (non-hydrogen) atoms. The number of rotatable bonds is 7. The lowest BCUT2D eigenvalue weighted by molar-refractivity contribution is -0.384. The topological polar surface area (TPSA) is 138 Å². The van der Waals surface area contributed by atoms with Gasteiger partial charge in [0.15, 0.2) is 5.17 Å². The van der Waals surface area contributed by atoms with Crippen molar-refractivity contribution < 1.29 is 19.6 Å². The van der Waals surface area contributed by atoms with Crippen molar-refractivity contribution >= 4 is 52.0 Å². The number of para-hydroxylation sites is 1. The van der Waals surface area contributed by atoms with Crippen molar-refractivity contribution in [1.29, 1.82) is 0 Å². The Hall–Kier alpha value is -4.51. The maximum atomic E-state index is 13.2. The molecule has 4 rings (SSSR count). The molecule has 0 bridgehead atoms. The Morgan fingerprint density at radius 3 is 2.57 bits per heavy atom. The van der Waals surface area contributed by atoms with Gasteiger partial charge >= 0.3 is 0 Å². The van der Waals surface area contributed by atoms with Gasteiger partial charge in [0.1, 0.15) is 11.0 Å². The molecule has 2 N–H and O–H groups in total. The van der Waals surface area contributed by atoms with E-state index in [4.69, 9.17) is 0 Å². The third-order valence-corrected chi connectivity index (χ3v) is 6.03. The molecule has 3 aromatic carbocycles. The van der Waals surface area contributed by atoms with Crippen LogP contribution in [0.25, 0.3) is 0 Å². The molecule has 10 nitrogen and oxygen atoms in total. The third kappa shape index (κ3) is 5.89. The molecular formula is C24H19N5O5S. The van der Waals surface area contributed by atoms with Crippen LogP contribution >= 0.6 is 11.8 Å². The Labute approximate surface area is 204 Å². The molecule has 0 radical (unpaired) electrons. The summed E-state index contributed by atoms with van der Waals surface area (Å²) in [5.41, 5.74) is 1.46. The summed E-state index contributed by atoms with van der Waals surface area (Å²) in [5, 5.41) is 31.0. The molecule has 1 unspecified atom stereocenters. The predicted molar refractivity (Wildman–Crippen MR) is 135 cm³/mol. The number of hydrogen-bond acceptors (Lipinski definition) is 8. The number of nitro groups is 1. The number of aromatic hydroxyl groups is 1. The summed E-state index contributed by atoms with van der Waals surface area (Å²) in [7, 11) is 0. The van der Waals surface area contributed by atoms with E-state index in [1.165, 1.54) is 41.4 Å². The molecule has 1 atom stereocenters. The Kier molecular flexibility index (Phi) is 7.17. The first-order valence-electron chi connectivity index (χ1n) is 10.4. The number of amides is 2. The van der Waals surface area contributed by atoms with Gasteiger partial charge in [-0.15, -0.1) is 5.10 Å². The SMILES string of the molecule is O=C(CC1S/C(=N/N=C/c2cccc([N+](=O)[O-])c2)N(c2ccc(O)cc2)C1=O)Nc1ccccc1. The van der Waals surface area contributed by atoms with Gasteiger partial charge in [-0.1, -0.05) is 42.1 Å². The molecule has 0 saturated carbocycles. The van der Waals surface area contributed by atoms with Gasteiger partial charge in [-0.3, -0.25) is 24.6 Å². The smallest absolute Gasteiger partial charge is 0.270 e. The van der Waals surface area contributed by atoms with Crippen LogP contribution in [0.1, 0.15) is 12.0 Å². The van der Waals surface area contributed by atoms with Crippen LogP contribution in [0.15, 0.2) is 89.1 Å². The zero-order chi connectivity index (χ0) is 24.8. The molecule has 0 aliphatic carbocycles. The molecule has 11 heteroatoms. The lowest BCUT2D eigenvalue weighted by Gasteiger charge is -2.15. The summed E-state index contributed by atoms with van der Waals surface area (Å²) in [6.45, 7) is 0. The zero-order valence-electron chi connectivity index (χ0n) is 18.1. The highest BCUT2D eigenvalue weighted by Gasteiger charge is 2.40. The fraction of sp³-hybridized carbons (Fsp3) is 0.0833. The summed E-state index contributed by atoms with van der Waals surface area (Å²) in [4.78, 5) is 37.5. The van der Waals surface area contributed by atoms with Crippen molar-refractivity contribution in [3.05, 3.63) is 94.5 Å². The van der Waals surface area contributed by atoms with Crippen molar-refractivity contribution in [2.24, 2.45) is 10.2 Å².